The Balaban J connectivity index is 2.28. The minimum atomic E-state index is 0.200. The first kappa shape index (κ1) is 11.9. The number of ether oxygens (including phenoxy) is 1. The van der Waals surface area contributed by atoms with Gasteiger partial charge in [-0.2, -0.15) is 0 Å². The predicted octanol–water partition coefficient (Wildman–Crippen LogP) is 2.61. The van der Waals surface area contributed by atoms with Crippen molar-refractivity contribution < 1.29 is 4.74 Å². The van der Waals surface area contributed by atoms with Crippen LogP contribution in [0.25, 0.3) is 10.9 Å². The van der Waals surface area contributed by atoms with Crippen molar-refractivity contribution in [2.45, 2.75) is 19.4 Å². The van der Waals surface area contributed by atoms with E-state index in [2.05, 4.69) is 17.2 Å². The molecular formula is C14H18N2O. The summed E-state index contributed by atoms with van der Waals surface area (Å²) in [6.45, 7) is 2.98. The maximum atomic E-state index is 6.01. The molecule has 1 aromatic heterocycles. The minimum Gasteiger partial charge on any atom is -0.488 e. The number of nitrogens with one attached hydrogen (secondary N) is 1. The fourth-order valence-corrected chi connectivity index (χ4v) is 1.85. The zero-order valence-electron chi connectivity index (χ0n) is 10.3. The van der Waals surface area contributed by atoms with Gasteiger partial charge in [0.05, 0.1) is 5.52 Å². The molecule has 0 aliphatic heterocycles. The van der Waals surface area contributed by atoms with Gasteiger partial charge in [0.1, 0.15) is 11.9 Å². The van der Waals surface area contributed by atoms with Crippen LogP contribution >= 0.6 is 0 Å². The lowest BCUT2D eigenvalue weighted by Gasteiger charge is -2.18. The van der Waals surface area contributed by atoms with E-state index in [-0.39, 0.29) is 6.10 Å². The molecule has 17 heavy (non-hydrogen) atoms. The zero-order chi connectivity index (χ0) is 12.1. The molecule has 90 valence electrons. The lowest BCUT2D eigenvalue weighted by atomic mass is 10.2. The summed E-state index contributed by atoms with van der Waals surface area (Å²) in [6.07, 6.45) is 2.99. The van der Waals surface area contributed by atoms with Gasteiger partial charge in [0.2, 0.25) is 0 Å². The number of nitrogens with zero attached hydrogens (tertiary/aromatic N) is 1. The van der Waals surface area contributed by atoms with Crippen molar-refractivity contribution in [2.75, 3.05) is 13.6 Å². The van der Waals surface area contributed by atoms with Crippen LogP contribution < -0.4 is 10.1 Å². The molecule has 1 N–H and O–H groups in total. The van der Waals surface area contributed by atoms with Gasteiger partial charge >= 0.3 is 0 Å². The van der Waals surface area contributed by atoms with Crippen LogP contribution in [-0.4, -0.2) is 24.7 Å². The Hall–Kier alpha value is -1.61. The molecule has 2 aromatic rings. The Morgan fingerprint density at radius 2 is 2.18 bits per heavy atom. The lowest BCUT2D eigenvalue weighted by Crippen LogP contribution is -2.28. The maximum Gasteiger partial charge on any atom is 0.129 e. The van der Waals surface area contributed by atoms with Gasteiger partial charge in [-0.1, -0.05) is 13.0 Å². The van der Waals surface area contributed by atoms with Crippen LogP contribution in [0, 0.1) is 0 Å². The first-order valence-corrected chi connectivity index (χ1v) is 6.00. The summed E-state index contributed by atoms with van der Waals surface area (Å²) in [5.41, 5.74) is 0.976. The molecule has 1 unspecified atom stereocenters. The molecule has 1 heterocycles. The number of fused-ring (bicyclic) bond motifs is 1. The summed E-state index contributed by atoms with van der Waals surface area (Å²) in [7, 11) is 1.94. The predicted molar refractivity (Wildman–Crippen MR) is 70.4 cm³/mol. The summed E-state index contributed by atoms with van der Waals surface area (Å²) in [5.74, 6) is 0.915. The van der Waals surface area contributed by atoms with Gasteiger partial charge in [-0.3, -0.25) is 4.98 Å². The van der Waals surface area contributed by atoms with Crippen LogP contribution in [0.3, 0.4) is 0 Å². The van der Waals surface area contributed by atoms with E-state index in [1.807, 2.05) is 37.4 Å². The van der Waals surface area contributed by atoms with E-state index in [1.165, 1.54) is 0 Å². The molecule has 2 rings (SSSR count). The molecule has 0 saturated heterocycles. The van der Waals surface area contributed by atoms with Crippen LogP contribution in [-0.2, 0) is 0 Å². The Morgan fingerprint density at radius 1 is 1.29 bits per heavy atom. The van der Waals surface area contributed by atoms with Gasteiger partial charge < -0.3 is 10.1 Å². The SMILES string of the molecule is CCC(CNC)Oc1cccc2ncccc12. The quantitative estimate of drug-likeness (QED) is 0.857. The van der Waals surface area contributed by atoms with Crippen LogP contribution in [0.1, 0.15) is 13.3 Å². The summed E-state index contributed by atoms with van der Waals surface area (Å²) in [6, 6.07) is 9.97. The van der Waals surface area contributed by atoms with Crippen LogP contribution in [0.2, 0.25) is 0 Å². The van der Waals surface area contributed by atoms with Crippen molar-refractivity contribution in [2.24, 2.45) is 0 Å². The summed E-state index contributed by atoms with van der Waals surface area (Å²) in [4.78, 5) is 4.33. The van der Waals surface area contributed by atoms with Crippen LogP contribution in [0.4, 0.5) is 0 Å². The van der Waals surface area contributed by atoms with E-state index >= 15 is 0 Å². The molecule has 0 radical (unpaired) electrons. The monoisotopic (exact) mass is 230 g/mol. The smallest absolute Gasteiger partial charge is 0.129 e. The maximum absolute atomic E-state index is 6.01. The molecular weight excluding hydrogens is 212 g/mol. The summed E-state index contributed by atoms with van der Waals surface area (Å²) in [5, 5.41) is 4.22. The van der Waals surface area contributed by atoms with Gasteiger partial charge in [0, 0.05) is 18.1 Å². The molecule has 3 heteroatoms. The molecule has 0 aliphatic rings. The molecule has 0 bridgehead atoms. The highest BCUT2D eigenvalue weighted by atomic mass is 16.5. The number of rotatable bonds is 5. The average molecular weight is 230 g/mol. The van der Waals surface area contributed by atoms with Crippen molar-refractivity contribution in [1.82, 2.24) is 10.3 Å². The molecule has 0 saturated carbocycles. The molecule has 1 aromatic carbocycles. The Kier molecular flexibility index (Phi) is 3.94. The van der Waals surface area contributed by atoms with E-state index < -0.39 is 0 Å². The van der Waals surface area contributed by atoms with E-state index in [1.54, 1.807) is 6.20 Å². The molecule has 0 spiro atoms. The highest BCUT2D eigenvalue weighted by Gasteiger charge is 2.09. The van der Waals surface area contributed by atoms with Crippen LogP contribution in [0.15, 0.2) is 36.5 Å². The van der Waals surface area contributed by atoms with Crippen molar-refractivity contribution >= 4 is 10.9 Å². The van der Waals surface area contributed by atoms with Gasteiger partial charge in [0.15, 0.2) is 0 Å². The van der Waals surface area contributed by atoms with E-state index in [4.69, 9.17) is 4.74 Å². The molecule has 0 fully saturated rings. The van der Waals surface area contributed by atoms with Gasteiger partial charge in [-0.15, -0.1) is 0 Å². The average Bonchev–Trinajstić information content (AvgIpc) is 2.38. The van der Waals surface area contributed by atoms with Crippen molar-refractivity contribution in [3.63, 3.8) is 0 Å². The molecule has 0 aliphatic carbocycles. The normalized spacial score (nSPS) is 12.6. The fraction of sp³-hybridized carbons (Fsp3) is 0.357. The topological polar surface area (TPSA) is 34.1 Å². The summed E-state index contributed by atoms with van der Waals surface area (Å²) < 4.78 is 6.01. The van der Waals surface area contributed by atoms with E-state index in [0.717, 1.165) is 29.6 Å². The number of pyridine rings is 1. The molecule has 1 atom stereocenters. The van der Waals surface area contributed by atoms with Gasteiger partial charge in [-0.25, -0.2) is 0 Å². The highest BCUT2D eigenvalue weighted by Crippen LogP contribution is 2.24. The zero-order valence-corrected chi connectivity index (χ0v) is 10.3. The third kappa shape index (κ3) is 2.74. The first-order valence-electron chi connectivity index (χ1n) is 6.00. The summed E-state index contributed by atoms with van der Waals surface area (Å²) >= 11 is 0. The molecule has 0 amide bonds. The lowest BCUT2D eigenvalue weighted by molar-refractivity contribution is 0.199. The van der Waals surface area contributed by atoms with Gasteiger partial charge in [0.25, 0.3) is 0 Å². The number of benzene rings is 1. The Morgan fingerprint density at radius 3 is 2.94 bits per heavy atom. The number of hydrogen-bond donors (Lipinski definition) is 1. The standard InChI is InChI=1S/C14H18N2O/c1-3-11(10-15-2)17-14-8-4-7-13-12(14)6-5-9-16-13/h4-9,11,15H,3,10H2,1-2H3. The van der Waals surface area contributed by atoms with E-state index in [9.17, 15) is 0 Å². The minimum absolute atomic E-state index is 0.200. The van der Waals surface area contributed by atoms with E-state index in [0.29, 0.717) is 0 Å². The highest BCUT2D eigenvalue weighted by molar-refractivity contribution is 5.84. The fourth-order valence-electron chi connectivity index (χ4n) is 1.85. The first-order chi connectivity index (χ1) is 8.35. The largest absolute Gasteiger partial charge is 0.488 e. The third-order valence-corrected chi connectivity index (χ3v) is 2.79. The third-order valence-electron chi connectivity index (χ3n) is 2.79. The van der Waals surface area contributed by atoms with Crippen LogP contribution in [0.5, 0.6) is 5.75 Å². The van der Waals surface area contributed by atoms with Crippen molar-refractivity contribution in [3.05, 3.63) is 36.5 Å². The molecule has 3 nitrogen and oxygen atoms in total. The number of likely N-dealkylation sites (N-methyl/N-ethyl adjacent to an activating group) is 1. The van der Waals surface area contributed by atoms with Crippen molar-refractivity contribution in [3.8, 4) is 5.75 Å². The second-order valence-electron chi connectivity index (χ2n) is 4.03. The Labute approximate surface area is 102 Å². The second kappa shape index (κ2) is 5.64. The van der Waals surface area contributed by atoms with Crippen molar-refractivity contribution in [1.29, 1.82) is 0 Å². The van der Waals surface area contributed by atoms with Gasteiger partial charge in [-0.05, 0) is 37.7 Å². The Bertz CT molecular complexity index is 479. The number of hydrogen-bond acceptors (Lipinski definition) is 3. The second-order valence-corrected chi connectivity index (χ2v) is 4.03. The number of aromatic nitrogens is 1.